The Balaban J connectivity index is 1.66. The number of ether oxygens (including phenoxy) is 1. The van der Waals surface area contributed by atoms with Gasteiger partial charge in [0.05, 0.1) is 18.4 Å². The van der Waals surface area contributed by atoms with Gasteiger partial charge < -0.3 is 15.2 Å². The third-order valence-electron chi connectivity index (χ3n) is 5.71. The highest BCUT2D eigenvalue weighted by Crippen LogP contribution is 2.49. The summed E-state index contributed by atoms with van der Waals surface area (Å²) in [5.41, 5.74) is 1.33. The zero-order chi connectivity index (χ0) is 21.4. The Morgan fingerprint density at radius 2 is 1.83 bits per heavy atom. The van der Waals surface area contributed by atoms with E-state index in [0.29, 0.717) is 22.5 Å². The molecule has 30 heavy (non-hydrogen) atoms. The first-order chi connectivity index (χ1) is 14.4. The van der Waals surface area contributed by atoms with Crippen molar-refractivity contribution in [3.8, 4) is 11.1 Å². The van der Waals surface area contributed by atoms with E-state index in [1.54, 1.807) is 24.4 Å². The lowest BCUT2D eigenvalue weighted by molar-refractivity contribution is -0.146. The molecule has 6 nitrogen and oxygen atoms in total. The van der Waals surface area contributed by atoms with Crippen molar-refractivity contribution in [3.05, 3.63) is 53.2 Å². The normalized spacial score (nSPS) is 24.1. The third kappa shape index (κ3) is 3.52. The standard InChI is InChI=1S/C22H20FNO5S/c1-2-29-22(28)18-15(11-5-7-14(23)8-6-11)10-30-20(18)24-19(25)16-12-3-4-13(9-12)17(16)21(26)27/h3-8,10,12-13,16-17H,2,9H2,1H3,(H,24,25)(H,26,27)/t12-,13+,16+,17+/m1/s1. The molecule has 4 rings (SSSR count). The summed E-state index contributed by atoms with van der Waals surface area (Å²) in [7, 11) is 0. The largest absolute Gasteiger partial charge is 0.481 e. The number of allylic oxidation sites excluding steroid dienone is 2. The van der Waals surface area contributed by atoms with Gasteiger partial charge in [-0.15, -0.1) is 11.3 Å². The first kappa shape index (κ1) is 20.3. The van der Waals surface area contributed by atoms with Gasteiger partial charge in [-0.05, 0) is 42.9 Å². The molecule has 1 heterocycles. The molecule has 1 fully saturated rings. The van der Waals surface area contributed by atoms with Crippen LogP contribution >= 0.6 is 11.3 Å². The van der Waals surface area contributed by atoms with Crippen molar-refractivity contribution in [2.24, 2.45) is 23.7 Å². The van der Waals surface area contributed by atoms with Crippen LogP contribution < -0.4 is 5.32 Å². The Bertz CT molecular complexity index is 1030. The van der Waals surface area contributed by atoms with Gasteiger partial charge in [-0.25, -0.2) is 9.18 Å². The zero-order valence-electron chi connectivity index (χ0n) is 16.1. The van der Waals surface area contributed by atoms with Crippen molar-refractivity contribution < 1.29 is 28.6 Å². The maximum Gasteiger partial charge on any atom is 0.341 e. The quantitative estimate of drug-likeness (QED) is 0.531. The lowest BCUT2D eigenvalue weighted by Crippen LogP contribution is -2.36. The Labute approximate surface area is 176 Å². The summed E-state index contributed by atoms with van der Waals surface area (Å²) in [5.74, 6) is -4.15. The van der Waals surface area contributed by atoms with E-state index >= 15 is 0 Å². The maximum atomic E-state index is 13.3. The van der Waals surface area contributed by atoms with Gasteiger partial charge in [-0.1, -0.05) is 24.3 Å². The Hall–Kier alpha value is -3.00. The number of hydrogen-bond donors (Lipinski definition) is 2. The van der Waals surface area contributed by atoms with Gasteiger partial charge in [0.2, 0.25) is 5.91 Å². The van der Waals surface area contributed by atoms with E-state index in [1.165, 1.54) is 12.1 Å². The minimum atomic E-state index is -0.990. The molecular weight excluding hydrogens is 409 g/mol. The number of halogens is 1. The number of rotatable bonds is 6. The number of fused-ring (bicyclic) bond motifs is 2. The Morgan fingerprint density at radius 1 is 1.17 bits per heavy atom. The summed E-state index contributed by atoms with van der Waals surface area (Å²) in [5, 5.41) is 14.4. The maximum absolute atomic E-state index is 13.3. The van der Waals surface area contributed by atoms with Crippen LogP contribution in [-0.2, 0) is 14.3 Å². The van der Waals surface area contributed by atoms with Crippen molar-refractivity contribution in [3.63, 3.8) is 0 Å². The number of carboxylic acid groups (broad SMARTS) is 1. The summed E-state index contributed by atoms with van der Waals surface area (Å²) >= 11 is 1.15. The van der Waals surface area contributed by atoms with Gasteiger partial charge in [0.25, 0.3) is 0 Å². The number of carbonyl (C=O) groups is 3. The Kier molecular flexibility index (Phi) is 5.42. The zero-order valence-corrected chi connectivity index (χ0v) is 16.9. The third-order valence-corrected chi connectivity index (χ3v) is 6.61. The fourth-order valence-electron chi connectivity index (χ4n) is 4.41. The monoisotopic (exact) mass is 429 g/mol. The molecule has 2 N–H and O–H groups in total. The van der Waals surface area contributed by atoms with E-state index in [-0.39, 0.29) is 24.0 Å². The average Bonchev–Trinajstić information content (AvgIpc) is 3.42. The van der Waals surface area contributed by atoms with Crippen molar-refractivity contribution in [1.29, 1.82) is 0 Å². The topological polar surface area (TPSA) is 92.7 Å². The van der Waals surface area contributed by atoms with Crippen LogP contribution in [0.2, 0.25) is 0 Å². The van der Waals surface area contributed by atoms with E-state index in [1.807, 2.05) is 12.2 Å². The van der Waals surface area contributed by atoms with E-state index < -0.39 is 35.5 Å². The lowest BCUT2D eigenvalue weighted by Gasteiger charge is -2.23. The second-order valence-corrected chi connectivity index (χ2v) is 8.29. The number of nitrogens with one attached hydrogen (secondary N) is 1. The number of amides is 1. The molecule has 4 atom stereocenters. The fourth-order valence-corrected chi connectivity index (χ4v) is 5.37. The van der Waals surface area contributed by atoms with Gasteiger partial charge in [-0.2, -0.15) is 0 Å². The van der Waals surface area contributed by atoms with Crippen LogP contribution in [0.4, 0.5) is 9.39 Å². The minimum absolute atomic E-state index is 0.126. The average molecular weight is 429 g/mol. The van der Waals surface area contributed by atoms with Gasteiger partial charge in [0, 0.05) is 10.9 Å². The molecule has 1 amide bonds. The van der Waals surface area contributed by atoms with Crippen LogP contribution in [0.25, 0.3) is 11.1 Å². The van der Waals surface area contributed by atoms with Crippen molar-refractivity contribution >= 4 is 34.2 Å². The first-order valence-electron chi connectivity index (χ1n) is 9.67. The molecule has 1 aromatic carbocycles. The van der Waals surface area contributed by atoms with E-state index in [0.717, 1.165) is 11.3 Å². The SMILES string of the molecule is CCOC(=O)c1c(-c2ccc(F)cc2)csc1NC(=O)[C@@H]1[C@@H](C(=O)O)[C@H]2C=C[C@@H]1C2. The molecule has 2 bridgehead atoms. The predicted molar refractivity (Wildman–Crippen MR) is 110 cm³/mol. The molecule has 0 saturated heterocycles. The number of aliphatic carboxylic acids is 1. The first-order valence-corrected chi connectivity index (χ1v) is 10.5. The summed E-state index contributed by atoms with van der Waals surface area (Å²) in [6, 6.07) is 5.68. The second kappa shape index (κ2) is 8.02. The molecule has 8 heteroatoms. The number of hydrogen-bond acceptors (Lipinski definition) is 5. The van der Waals surface area contributed by atoms with Crippen LogP contribution in [-0.4, -0.2) is 29.6 Å². The number of carbonyl (C=O) groups excluding carboxylic acids is 2. The fraction of sp³-hybridized carbons (Fsp3) is 0.318. The lowest BCUT2D eigenvalue weighted by atomic mass is 9.82. The van der Waals surface area contributed by atoms with Crippen LogP contribution in [0.1, 0.15) is 23.7 Å². The highest BCUT2D eigenvalue weighted by molar-refractivity contribution is 7.15. The summed E-state index contributed by atoms with van der Waals surface area (Å²) < 4.78 is 18.5. The molecule has 0 spiro atoms. The van der Waals surface area contributed by atoms with Crippen molar-refractivity contribution in [1.82, 2.24) is 0 Å². The number of benzene rings is 1. The van der Waals surface area contributed by atoms with Crippen LogP contribution in [0.15, 0.2) is 41.8 Å². The van der Waals surface area contributed by atoms with Crippen molar-refractivity contribution in [2.75, 3.05) is 11.9 Å². The van der Waals surface area contributed by atoms with E-state index in [2.05, 4.69) is 5.32 Å². The van der Waals surface area contributed by atoms with Gasteiger partial charge >= 0.3 is 11.9 Å². The minimum Gasteiger partial charge on any atom is -0.481 e. The second-order valence-electron chi connectivity index (χ2n) is 7.41. The number of thiophene rings is 1. The van der Waals surface area contributed by atoms with Gasteiger partial charge in [0.1, 0.15) is 16.4 Å². The Morgan fingerprint density at radius 3 is 2.47 bits per heavy atom. The molecule has 0 radical (unpaired) electrons. The van der Waals surface area contributed by atoms with E-state index in [4.69, 9.17) is 4.74 Å². The summed E-state index contributed by atoms with van der Waals surface area (Å²) in [6.45, 7) is 1.84. The molecule has 156 valence electrons. The summed E-state index contributed by atoms with van der Waals surface area (Å²) in [6.07, 6.45) is 4.42. The number of anilines is 1. The molecule has 2 aliphatic rings. The molecule has 1 saturated carbocycles. The number of carboxylic acids is 1. The van der Waals surface area contributed by atoms with Gasteiger partial charge in [0.15, 0.2) is 0 Å². The van der Waals surface area contributed by atoms with E-state index in [9.17, 15) is 23.9 Å². The highest BCUT2D eigenvalue weighted by Gasteiger charge is 2.51. The summed E-state index contributed by atoms with van der Waals surface area (Å²) in [4.78, 5) is 37.4. The highest BCUT2D eigenvalue weighted by atomic mass is 32.1. The van der Waals surface area contributed by atoms with Crippen LogP contribution in [0.3, 0.4) is 0 Å². The molecule has 0 unspecified atom stereocenters. The van der Waals surface area contributed by atoms with Gasteiger partial charge in [-0.3, -0.25) is 9.59 Å². The molecule has 0 aliphatic heterocycles. The smallest absolute Gasteiger partial charge is 0.341 e. The van der Waals surface area contributed by atoms with Crippen LogP contribution in [0, 0.1) is 29.5 Å². The predicted octanol–water partition coefficient (Wildman–Crippen LogP) is 4.19. The van der Waals surface area contributed by atoms with Crippen molar-refractivity contribution in [2.45, 2.75) is 13.3 Å². The molecular formula is C22H20FNO5S. The molecule has 1 aromatic heterocycles. The molecule has 2 aromatic rings. The number of esters is 1. The van der Waals surface area contributed by atoms with Crippen LogP contribution in [0.5, 0.6) is 0 Å². The molecule has 2 aliphatic carbocycles.